The Morgan fingerprint density at radius 2 is 1.95 bits per heavy atom. The van der Waals surface area contributed by atoms with Crippen molar-refractivity contribution in [1.82, 2.24) is 10.3 Å². The molecule has 2 atom stereocenters. The molecule has 2 nitrogen and oxygen atoms in total. The molecular formula is C16H18N2S. The highest BCUT2D eigenvalue weighted by atomic mass is 32.2. The van der Waals surface area contributed by atoms with E-state index in [9.17, 15) is 0 Å². The first-order chi connectivity index (χ1) is 9.38. The van der Waals surface area contributed by atoms with Crippen LogP contribution in [0.25, 0.3) is 0 Å². The van der Waals surface area contributed by atoms with E-state index in [4.69, 9.17) is 0 Å². The van der Waals surface area contributed by atoms with Gasteiger partial charge in [0, 0.05) is 28.6 Å². The summed E-state index contributed by atoms with van der Waals surface area (Å²) in [6.07, 6.45) is 6.13. The molecule has 1 aliphatic carbocycles. The molecule has 0 radical (unpaired) electrons. The molecule has 3 rings (SSSR count). The van der Waals surface area contributed by atoms with Crippen LogP contribution < -0.4 is 5.32 Å². The smallest absolute Gasteiger partial charge is 0.0444 e. The number of thioether (sulfide) groups is 1. The number of fused-ring (bicyclic) bond motifs is 1. The minimum atomic E-state index is 0.433. The summed E-state index contributed by atoms with van der Waals surface area (Å²) in [5.74, 6) is 0. The van der Waals surface area contributed by atoms with Gasteiger partial charge >= 0.3 is 0 Å². The average Bonchev–Trinajstić information content (AvgIpc) is 2.48. The van der Waals surface area contributed by atoms with Crippen LogP contribution in [0.1, 0.15) is 23.6 Å². The highest BCUT2D eigenvalue weighted by Crippen LogP contribution is 2.39. The normalized spacial score (nSPS) is 21.9. The van der Waals surface area contributed by atoms with E-state index < -0.39 is 0 Å². The Bertz CT molecular complexity index is 541. The largest absolute Gasteiger partial charge is 0.312 e. The van der Waals surface area contributed by atoms with E-state index in [1.54, 1.807) is 0 Å². The van der Waals surface area contributed by atoms with Crippen LogP contribution in [-0.2, 0) is 6.42 Å². The van der Waals surface area contributed by atoms with Gasteiger partial charge in [-0.3, -0.25) is 4.98 Å². The second-order valence-electron chi connectivity index (χ2n) is 4.84. The van der Waals surface area contributed by atoms with Crippen LogP contribution >= 0.6 is 11.8 Å². The van der Waals surface area contributed by atoms with E-state index in [1.165, 1.54) is 28.9 Å². The lowest BCUT2D eigenvalue weighted by atomic mass is 9.87. The van der Waals surface area contributed by atoms with Crippen LogP contribution in [0.15, 0.2) is 53.7 Å². The molecule has 0 spiro atoms. The molecular weight excluding hydrogens is 252 g/mol. The van der Waals surface area contributed by atoms with Crippen molar-refractivity contribution in [2.24, 2.45) is 0 Å². The predicted octanol–water partition coefficient (Wildman–Crippen LogP) is 3.45. The van der Waals surface area contributed by atoms with E-state index in [2.05, 4.69) is 53.7 Å². The number of benzene rings is 1. The van der Waals surface area contributed by atoms with E-state index in [-0.39, 0.29) is 0 Å². The fourth-order valence-corrected chi connectivity index (χ4v) is 4.07. The molecule has 2 aromatic rings. The Hall–Kier alpha value is -1.32. The van der Waals surface area contributed by atoms with E-state index in [0.717, 1.165) is 0 Å². The zero-order chi connectivity index (χ0) is 13.1. The Morgan fingerprint density at radius 3 is 2.74 bits per heavy atom. The quantitative estimate of drug-likeness (QED) is 0.924. The van der Waals surface area contributed by atoms with Crippen molar-refractivity contribution in [1.29, 1.82) is 0 Å². The third-order valence-corrected chi connectivity index (χ3v) is 5.06. The van der Waals surface area contributed by atoms with Gasteiger partial charge in [0.2, 0.25) is 0 Å². The van der Waals surface area contributed by atoms with Crippen LogP contribution in [-0.4, -0.2) is 17.3 Å². The predicted molar refractivity (Wildman–Crippen MR) is 80.4 cm³/mol. The Morgan fingerprint density at radius 1 is 1.16 bits per heavy atom. The van der Waals surface area contributed by atoms with Crippen molar-refractivity contribution in [3.05, 3.63) is 59.9 Å². The van der Waals surface area contributed by atoms with Gasteiger partial charge in [-0.25, -0.2) is 0 Å². The first kappa shape index (κ1) is 12.7. The molecule has 1 aliphatic rings. The molecule has 19 heavy (non-hydrogen) atoms. The molecule has 98 valence electrons. The fraction of sp³-hybridized carbons (Fsp3) is 0.312. The molecule has 0 bridgehead atoms. The molecule has 0 saturated heterocycles. The van der Waals surface area contributed by atoms with Crippen LogP contribution in [0.5, 0.6) is 0 Å². The molecule has 2 unspecified atom stereocenters. The van der Waals surface area contributed by atoms with Gasteiger partial charge in [-0.2, -0.15) is 0 Å². The van der Waals surface area contributed by atoms with Crippen molar-refractivity contribution >= 4 is 11.8 Å². The first-order valence-electron chi connectivity index (χ1n) is 6.70. The third-order valence-electron chi connectivity index (χ3n) is 3.71. The zero-order valence-electron chi connectivity index (χ0n) is 11.0. The van der Waals surface area contributed by atoms with Crippen molar-refractivity contribution in [3.8, 4) is 0 Å². The molecule has 1 aromatic carbocycles. The summed E-state index contributed by atoms with van der Waals surface area (Å²) in [5, 5.41) is 4.08. The van der Waals surface area contributed by atoms with E-state index >= 15 is 0 Å². The minimum Gasteiger partial charge on any atom is -0.312 e. The number of hydrogen-bond donors (Lipinski definition) is 1. The lowest BCUT2D eigenvalue weighted by molar-refractivity contribution is 0.510. The summed E-state index contributed by atoms with van der Waals surface area (Å²) in [6.45, 7) is 0. The number of nitrogens with one attached hydrogen (secondary N) is 1. The molecule has 0 saturated carbocycles. The summed E-state index contributed by atoms with van der Waals surface area (Å²) in [5.41, 5.74) is 2.95. The van der Waals surface area contributed by atoms with Gasteiger partial charge in [0.15, 0.2) is 0 Å². The van der Waals surface area contributed by atoms with Gasteiger partial charge in [0.05, 0.1) is 0 Å². The Labute approximate surface area is 118 Å². The van der Waals surface area contributed by atoms with Gasteiger partial charge in [-0.15, -0.1) is 11.8 Å². The molecule has 0 fully saturated rings. The van der Waals surface area contributed by atoms with Gasteiger partial charge in [-0.1, -0.05) is 24.3 Å². The van der Waals surface area contributed by atoms with Crippen molar-refractivity contribution < 1.29 is 0 Å². The van der Waals surface area contributed by atoms with Crippen molar-refractivity contribution in [3.63, 3.8) is 0 Å². The summed E-state index contributed by atoms with van der Waals surface area (Å²) < 4.78 is 0. The number of rotatable bonds is 3. The molecule has 1 N–H and O–H groups in total. The van der Waals surface area contributed by atoms with Crippen molar-refractivity contribution in [2.45, 2.75) is 29.0 Å². The molecule has 0 amide bonds. The maximum Gasteiger partial charge on any atom is 0.0444 e. The van der Waals surface area contributed by atoms with Gasteiger partial charge < -0.3 is 5.32 Å². The Kier molecular flexibility index (Phi) is 3.85. The number of aromatic nitrogens is 1. The number of pyridine rings is 1. The topological polar surface area (TPSA) is 24.9 Å². The molecule has 1 heterocycles. The van der Waals surface area contributed by atoms with Crippen molar-refractivity contribution in [2.75, 3.05) is 7.05 Å². The number of aryl methyl sites for hydroxylation is 1. The summed E-state index contributed by atoms with van der Waals surface area (Å²) >= 11 is 1.96. The minimum absolute atomic E-state index is 0.433. The average molecular weight is 270 g/mol. The lowest BCUT2D eigenvalue weighted by Crippen LogP contribution is -2.32. The summed E-state index contributed by atoms with van der Waals surface area (Å²) in [6, 6.07) is 13.4. The standard InChI is InChI=1S/C16H18N2S/c1-17-16-14-5-3-2-4-12(14)6-7-15(16)19-13-8-10-18-11-9-13/h2-5,8-11,15-17H,6-7H2,1H3. The monoisotopic (exact) mass is 270 g/mol. The fourth-order valence-electron chi connectivity index (χ4n) is 2.79. The van der Waals surface area contributed by atoms with Crippen LogP contribution in [0.2, 0.25) is 0 Å². The maximum atomic E-state index is 4.08. The van der Waals surface area contributed by atoms with Gasteiger partial charge in [-0.05, 0) is 43.1 Å². The third kappa shape index (κ3) is 2.67. The lowest BCUT2D eigenvalue weighted by Gasteiger charge is -2.33. The molecule has 3 heteroatoms. The second-order valence-corrected chi connectivity index (χ2v) is 6.16. The number of nitrogens with zero attached hydrogens (tertiary/aromatic N) is 1. The summed E-state index contributed by atoms with van der Waals surface area (Å²) in [4.78, 5) is 5.39. The number of hydrogen-bond acceptors (Lipinski definition) is 3. The Balaban J connectivity index is 1.84. The second kappa shape index (κ2) is 5.76. The van der Waals surface area contributed by atoms with Crippen LogP contribution in [0.3, 0.4) is 0 Å². The molecule has 0 aliphatic heterocycles. The van der Waals surface area contributed by atoms with E-state index in [0.29, 0.717) is 11.3 Å². The molecule has 1 aromatic heterocycles. The van der Waals surface area contributed by atoms with E-state index in [1.807, 2.05) is 24.2 Å². The van der Waals surface area contributed by atoms with Gasteiger partial charge in [0.25, 0.3) is 0 Å². The SMILES string of the molecule is CNC1c2ccccc2CCC1Sc1ccncc1. The van der Waals surface area contributed by atoms with Gasteiger partial charge in [0.1, 0.15) is 0 Å². The summed E-state index contributed by atoms with van der Waals surface area (Å²) in [7, 11) is 2.06. The zero-order valence-corrected chi connectivity index (χ0v) is 11.9. The first-order valence-corrected chi connectivity index (χ1v) is 7.58. The van der Waals surface area contributed by atoms with Crippen LogP contribution in [0.4, 0.5) is 0 Å². The van der Waals surface area contributed by atoms with Crippen LogP contribution in [0, 0.1) is 0 Å². The highest BCUT2D eigenvalue weighted by molar-refractivity contribution is 8.00. The highest BCUT2D eigenvalue weighted by Gasteiger charge is 2.28. The maximum absolute atomic E-state index is 4.08.